The first-order valence-electron chi connectivity index (χ1n) is 5.92. The third-order valence-electron chi connectivity index (χ3n) is 3.14. The Labute approximate surface area is 123 Å². The van der Waals surface area contributed by atoms with Gasteiger partial charge >= 0.3 is 0 Å². The molecule has 1 aromatic carbocycles. The van der Waals surface area contributed by atoms with Crippen molar-refractivity contribution in [3.63, 3.8) is 0 Å². The lowest BCUT2D eigenvalue weighted by molar-refractivity contribution is 0.431. The fourth-order valence-electron chi connectivity index (χ4n) is 1.89. The highest BCUT2D eigenvalue weighted by atomic mass is 35.7. The summed E-state index contributed by atoms with van der Waals surface area (Å²) in [6.07, 6.45) is 2.58. The van der Waals surface area contributed by atoms with Crippen LogP contribution in [-0.2, 0) is 19.1 Å². The van der Waals surface area contributed by atoms with Crippen molar-refractivity contribution in [2.45, 2.75) is 23.1 Å². The van der Waals surface area contributed by atoms with Crippen LogP contribution in [0.5, 0.6) is 0 Å². The minimum absolute atomic E-state index is 0.0644. The van der Waals surface area contributed by atoms with Crippen molar-refractivity contribution in [2.75, 3.05) is 13.1 Å². The standard InChI is InChI=1S/C12H14ClNO4S2/c1-10-6-8-14(9-7-10)20(17,18)12-4-2-11(3-5-12)19(13,15)16/h2-6H,7-9H2,1H3. The molecule has 0 fully saturated rings. The van der Waals surface area contributed by atoms with E-state index in [-0.39, 0.29) is 9.79 Å². The topological polar surface area (TPSA) is 71.5 Å². The summed E-state index contributed by atoms with van der Waals surface area (Å²) in [5, 5.41) is 0. The van der Waals surface area contributed by atoms with Crippen LogP contribution in [-0.4, -0.2) is 34.2 Å². The third kappa shape index (κ3) is 3.22. The minimum Gasteiger partial charge on any atom is -0.207 e. The predicted molar refractivity (Wildman–Crippen MR) is 76.6 cm³/mol. The summed E-state index contributed by atoms with van der Waals surface area (Å²) in [7, 11) is -2.25. The van der Waals surface area contributed by atoms with Gasteiger partial charge in [0, 0.05) is 23.8 Å². The van der Waals surface area contributed by atoms with Crippen LogP contribution < -0.4 is 0 Å². The average molecular weight is 336 g/mol. The zero-order chi connectivity index (χ0) is 15.0. The van der Waals surface area contributed by atoms with Crippen LogP contribution in [0.25, 0.3) is 0 Å². The molecule has 5 nitrogen and oxygen atoms in total. The fourth-order valence-corrected chi connectivity index (χ4v) is 4.04. The number of sulfonamides is 1. The van der Waals surface area contributed by atoms with Crippen LogP contribution in [0.4, 0.5) is 0 Å². The second-order valence-electron chi connectivity index (χ2n) is 4.57. The molecule has 0 bridgehead atoms. The largest absolute Gasteiger partial charge is 0.261 e. The molecule has 0 N–H and O–H groups in total. The van der Waals surface area contributed by atoms with Crippen molar-refractivity contribution in [2.24, 2.45) is 0 Å². The van der Waals surface area contributed by atoms with Gasteiger partial charge in [-0.15, -0.1) is 0 Å². The second kappa shape index (κ2) is 5.48. The summed E-state index contributed by atoms with van der Waals surface area (Å²) >= 11 is 0. The number of halogens is 1. The average Bonchev–Trinajstić information content (AvgIpc) is 2.38. The first kappa shape index (κ1) is 15.5. The van der Waals surface area contributed by atoms with E-state index >= 15 is 0 Å². The van der Waals surface area contributed by atoms with Crippen molar-refractivity contribution in [1.82, 2.24) is 4.31 Å². The van der Waals surface area contributed by atoms with Gasteiger partial charge in [-0.05, 0) is 37.6 Å². The molecule has 110 valence electrons. The molecule has 1 heterocycles. The molecule has 0 saturated carbocycles. The molecule has 0 amide bonds. The van der Waals surface area contributed by atoms with Gasteiger partial charge in [-0.25, -0.2) is 16.8 Å². The first-order valence-corrected chi connectivity index (χ1v) is 9.67. The third-order valence-corrected chi connectivity index (χ3v) is 6.39. The molecule has 1 aliphatic rings. The molecule has 20 heavy (non-hydrogen) atoms. The van der Waals surface area contributed by atoms with Gasteiger partial charge in [0.2, 0.25) is 10.0 Å². The number of rotatable bonds is 3. The van der Waals surface area contributed by atoms with E-state index in [0.29, 0.717) is 19.5 Å². The number of hydrogen-bond donors (Lipinski definition) is 0. The Balaban J connectivity index is 2.31. The van der Waals surface area contributed by atoms with Crippen molar-refractivity contribution >= 4 is 29.8 Å². The molecule has 0 atom stereocenters. The van der Waals surface area contributed by atoms with Crippen LogP contribution in [0.1, 0.15) is 13.3 Å². The molecule has 0 aromatic heterocycles. The maximum atomic E-state index is 12.4. The Bertz CT molecular complexity index is 736. The summed E-state index contributed by atoms with van der Waals surface area (Å²) < 4.78 is 48.4. The monoisotopic (exact) mass is 335 g/mol. The highest BCUT2D eigenvalue weighted by molar-refractivity contribution is 8.13. The number of nitrogens with zero attached hydrogens (tertiary/aromatic N) is 1. The molecule has 8 heteroatoms. The first-order chi connectivity index (χ1) is 9.21. The SMILES string of the molecule is CC1=CCN(S(=O)(=O)c2ccc(S(=O)(=O)Cl)cc2)CC1. The smallest absolute Gasteiger partial charge is 0.207 e. The molecule has 0 radical (unpaired) electrons. The van der Waals surface area contributed by atoms with Crippen LogP contribution in [0.2, 0.25) is 0 Å². The van der Waals surface area contributed by atoms with Gasteiger partial charge < -0.3 is 0 Å². The summed E-state index contributed by atoms with van der Waals surface area (Å²) in [5.41, 5.74) is 1.17. The zero-order valence-electron chi connectivity index (χ0n) is 10.8. The van der Waals surface area contributed by atoms with E-state index < -0.39 is 19.1 Å². The van der Waals surface area contributed by atoms with Gasteiger partial charge in [-0.3, -0.25) is 0 Å². The molecular weight excluding hydrogens is 322 g/mol. The van der Waals surface area contributed by atoms with Crippen molar-refractivity contribution < 1.29 is 16.8 Å². The van der Waals surface area contributed by atoms with Crippen molar-refractivity contribution in [3.8, 4) is 0 Å². The molecule has 2 rings (SSSR count). The van der Waals surface area contributed by atoms with Crippen molar-refractivity contribution in [1.29, 1.82) is 0 Å². The lowest BCUT2D eigenvalue weighted by Gasteiger charge is -2.24. The quantitative estimate of drug-likeness (QED) is 0.625. The summed E-state index contributed by atoms with van der Waals surface area (Å²) in [5.74, 6) is 0. The van der Waals surface area contributed by atoms with E-state index in [1.54, 1.807) is 0 Å². The Morgan fingerprint density at radius 2 is 1.60 bits per heavy atom. The Hall–Kier alpha value is -0.890. The summed E-state index contributed by atoms with van der Waals surface area (Å²) in [6.45, 7) is 2.73. The van der Waals surface area contributed by atoms with Crippen LogP contribution in [0.3, 0.4) is 0 Å². The molecule has 0 aliphatic carbocycles. The van der Waals surface area contributed by atoms with E-state index in [1.807, 2.05) is 13.0 Å². The molecule has 0 unspecified atom stereocenters. The summed E-state index contributed by atoms with van der Waals surface area (Å²) in [6, 6.07) is 4.91. The maximum Gasteiger partial charge on any atom is 0.261 e. The number of benzene rings is 1. The second-order valence-corrected chi connectivity index (χ2v) is 9.08. The Kier molecular flexibility index (Phi) is 4.24. The summed E-state index contributed by atoms with van der Waals surface area (Å²) in [4.78, 5) is -0.0537. The highest BCUT2D eigenvalue weighted by Crippen LogP contribution is 2.22. The maximum absolute atomic E-state index is 12.4. The lowest BCUT2D eigenvalue weighted by Crippen LogP contribution is -2.34. The van der Waals surface area contributed by atoms with Crippen LogP contribution >= 0.6 is 10.7 Å². The predicted octanol–water partition coefficient (Wildman–Crippen LogP) is 1.95. The van der Waals surface area contributed by atoms with Gasteiger partial charge in [0.25, 0.3) is 9.05 Å². The number of hydrogen-bond acceptors (Lipinski definition) is 4. The molecular formula is C12H14ClNO4S2. The minimum atomic E-state index is -3.84. The lowest BCUT2D eigenvalue weighted by atomic mass is 10.1. The molecule has 0 saturated heterocycles. The fraction of sp³-hybridized carbons (Fsp3) is 0.333. The van der Waals surface area contributed by atoms with E-state index in [2.05, 4.69) is 0 Å². The van der Waals surface area contributed by atoms with Gasteiger partial charge in [0.15, 0.2) is 0 Å². The normalized spacial score (nSPS) is 17.8. The van der Waals surface area contributed by atoms with E-state index in [4.69, 9.17) is 10.7 Å². The zero-order valence-corrected chi connectivity index (χ0v) is 13.2. The highest BCUT2D eigenvalue weighted by Gasteiger charge is 2.25. The van der Waals surface area contributed by atoms with Crippen molar-refractivity contribution in [3.05, 3.63) is 35.9 Å². The van der Waals surface area contributed by atoms with E-state index in [1.165, 1.54) is 34.1 Å². The van der Waals surface area contributed by atoms with Gasteiger partial charge in [0.05, 0.1) is 9.79 Å². The van der Waals surface area contributed by atoms with E-state index in [0.717, 1.165) is 0 Å². The Morgan fingerprint density at radius 3 is 2.05 bits per heavy atom. The van der Waals surface area contributed by atoms with Gasteiger partial charge in [-0.1, -0.05) is 11.6 Å². The molecule has 1 aliphatic heterocycles. The molecule has 0 spiro atoms. The molecule has 1 aromatic rings. The van der Waals surface area contributed by atoms with Crippen LogP contribution in [0.15, 0.2) is 45.7 Å². The van der Waals surface area contributed by atoms with E-state index in [9.17, 15) is 16.8 Å². The van der Waals surface area contributed by atoms with Gasteiger partial charge in [-0.2, -0.15) is 4.31 Å². The Morgan fingerprint density at radius 1 is 1.05 bits per heavy atom. The van der Waals surface area contributed by atoms with Gasteiger partial charge in [0.1, 0.15) is 0 Å². The van der Waals surface area contributed by atoms with Crippen LogP contribution in [0, 0.1) is 0 Å².